The summed E-state index contributed by atoms with van der Waals surface area (Å²) in [5, 5.41) is 3.38. The van der Waals surface area contributed by atoms with Gasteiger partial charge in [-0.15, -0.1) is 11.3 Å². The van der Waals surface area contributed by atoms with Gasteiger partial charge in [-0.3, -0.25) is 9.59 Å². The van der Waals surface area contributed by atoms with Crippen LogP contribution in [-0.4, -0.2) is 47.5 Å². The number of thiazole rings is 1. The van der Waals surface area contributed by atoms with Gasteiger partial charge in [0.1, 0.15) is 6.54 Å². The van der Waals surface area contributed by atoms with E-state index in [0.717, 1.165) is 29.0 Å². The van der Waals surface area contributed by atoms with Crippen molar-refractivity contribution in [1.29, 1.82) is 0 Å². The molecule has 0 spiro atoms. The molecule has 0 unspecified atom stereocenters. The molecule has 1 aromatic carbocycles. The lowest BCUT2D eigenvalue weighted by Crippen LogP contribution is -2.42. The molecule has 2 amide bonds. The van der Waals surface area contributed by atoms with Crippen LogP contribution < -0.4 is 5.32 Å². The Bertz CT molecular complexity index is 808. The highest BCUT2D eigenvalue weighted by Crippen LogP contribution is 2.21. The maximum Gasteiger partial charge on any atom is 0.254 e. The van der Waals surface area contributed by atoms with Crippen LogP contribution in [0, 0.1) is 20.8 Å². The fourth-order valence-corrected chi connectivity index (χ4v) is 3.93. The summed E-state index contributed by atoms with van der Waals surface area (Å²) in [6, 6.07) is 7.44. The number of rotatable bonds is 6. The molecular weight excluding hydrogens is 362 g/mol. The highest BCUT2D eigenvalue weighted by atomic mass is 32.1. The third-order valence-electron chi connectivity index (χ3n) is 4.72. The Morgan fingerprint density at radius 1 is 1.30 bits per heavy atom. The molecule has 1 saturated heterocycles. The molecule has 1 aromatic heterocycles. The average Bonchev–Trinajstić information content (AvgIpc) is 3.24. The van der Waals surface area contributed by atoms with E-state index in [1.54, 1.807) is 11.0 Å². The number of carbonyl (C=O) groups is 2. The number of aromatic nitrogens is 1. The number of carbonyl (C=O) groups excluding carboxylic acids is 2. The van der Waals surface area contributed by atoms with Gasteiger partial charge in [0.05, 0.1) is 11.8 Å². The third-order valence-corrected chi connectivity index (χ3v) is 5.71. The lowest BCUT2D eigenvalue weighted by atomic mass is 10.1. The summed E-state index contributed by atoms with van der Waals surface area (Å²) in [5.41, 5.74) is 2.41. The molecule has 6 nitrogen and oxygen atoms in total. The van der Waals surface area contributed by atoms with Crippen LogP contribution in [0.4, 0.5) is 5.13 Å². The molecule has 27 heavy (non-hydrogen) atoms. The third kappa shape index (κ3) is 4.93. The van der Waals surface area contributed by atoms with Crippen LogP contribution in [0.15, 0.2) is 24.3 Å². The fraction of sp³-hybridized carbons (Fsp3) is 0.450. The van der Waals surface area contributed by atoms with Gasteiger partial charge in [-0.2, -0.15) is 0 Å². The summed E-state index contributed by atoms with van der Waals surface area (Å²) in [6.07, 6.45) is 1.88. The molecule has 1 N–H and O–H groups in total. The normalized spacial score (nSPS) is 16.3. The summed E-state index contributed by atoms with van der Waals surface area (Å²) in [6.45, 7) is 6.88. The zero-order valence-corrected chi connectivity index (χ0v) is 16.8. The summed E-state index contributed by atoms with van der Waals surface area (Å²) < 4.78 is 5.68. The van der Waals surface area contributed by atoms with Crippen molar-refractivity contribution in [1.82, 2.24) is 9.88 Å². The van der Waals surface area contributed by atoms with Crippen molar-refractivity contribution < 1.29 is 14.3 Å². The van der Waals surface area contributed by atoms with Crippen LogP contribution in [0.5, 0.6) is 0 Å². The number of anilines is 1. The standard InChI is InChI=1S/C20H25N3O3S/c1-13-7-4-5-9-17(13)19(25)23(11-16-8-6-10-26-16)12-18(24)22-20-21-14(2)15(3)27-20/h4-5,7,9,16H,6,8,10-12H2,1-3H3,(H,21,22,24)/t16-/m0/s1. The van der Waals surface area contributed by atoms with Crippen LogP contribution in [0.25, 0.3) is 0 Å². The van der Waals surface area contributed by atoms with E-state index in [9.17, 15) is 9.59 Å². The molecule has 0 aliphatic carbocycles. The summed E-state index contributed by atoms with van der Waals surface area (Å²) in [5.74, 6) is -0.395. The number of hydrogen-bond donors (Lipinski definition) is 1. The minimum Gasteiger partial charge on any atom is -0.376 e. The number of ether oxygens (including phenoxy) is 1. The van der Waals surface area contributed by atoms with Crippen molar-refractivity contribution in [2.75, 3.05) is 25.0 Å². The highest BCUT2D eigenvalue weighted by Gasteiger charge is 2.26. The second-order valence-corrected chi connectivity index (χ2v) is 8.05. The number of benzene rings is 1. The molecule has 0 radical (unpaired) electrons. The minimum absolute atomic E-state index is 0.0184. The molecule has 1 aliphatic rings. The lowest BCUT2D eigenvalue weighted by molar-refractivity contribution is -0.117. The maximum absolute atomic E-state index is 13.1. The fourth-order valence-electron chi connectivity index (χ4n) is 3.09. The molecule has 0 saturated carbocycles. The second-order valence-electron chi connectivity index (χ2n) is 6.84. The predicted molar refractivity (Wildman–Crippen MR) is 106 cm³/mol. The zero-order valence-electron chi connectivity index (χ0n) is 15.9. The Hall–Kier alpha value is -2.25. The van der Waals surface area contributed by atoms with Crippen LogP contribution >= 0.6 is 11.3 Å². The number of nitrogens with zero attached hydrogens (tertiary/aromatic N) is 2. The monoisotopic (exact) mass is 387 g/mol. The van der Waals surface area contributed by atoms with Crippen LogP contribution in [0.1, 0.15) is 39.3 Å². The molecule has 2 heterocycles. The van der Waals surface area contributed by atoms with Crippen LogP contribution in [0.3, 0.4) is 0 Å². The van der Waals surface area contributed by atoms with Crippen molar-refractivity contribution in [2.24, 2.45) is 0 Å². The van der Waals surface area contributed by atoms with E-state index in [1.807, 2.05) is 39.0 Å². The average molecular weight is 388 g/mol. The van der Waals surface area contributed by atoms with Crippen molar-refractivity contribution in [2.45, 2.75) is 39.7 Å². The quantitative estimate of drug-likeness (QED) is 0.825. The van der Waals surface area contributed by atoms with Gasteiger partial charge >= 0.3 is 0 Å². The molecule has 144 valence electrons. The van der Waals surface area contributed by atoms with E-state index in [4.69, 9.17) is 4.74 Å². The first kappa shape index (κ1) is 19.5. The molecule has 7 heteroatoms. The Morgan fingerprint density at radius 3 is 2.70 bits per heavy atom. The van der Waals surface area contributed by atoms with Gasteiger partial charge in [-0.1, -0.05) is 18.2 Å². The molecule has 2 aromatic rings. The topological polar surface area (TPSA) is 71.5 Å². The van der Waals surface area contributed by atoms with Gasteiger partial charge in [0.2, 0.25) is 5.91 Å². The van der Waals surface area contributed by atoms with E-state index in [0.29, 0.717) is 23.8 Å². The molecule has 0 bridgehead atoms. The predicted octanol–water partition coefficient (Wildman–Crippen LogP) is 3.33. The molecule has 3 rings (SSSR count). The molecular formula is C20H25N3O3S. The second kappa shape index (κ2) is 8.63. The lowest BCUT2D eigenvalue weighted by Gasteiger charge is -2.25. The van der Waals surface area contributed by atoms with E-state index in [1.165, 1.54) is 11.3 Å². The van der Waals surface area contributed by atoms with Crippen molar-refractivity contribution in [3.8, 4) is 0 Å². The van der Waals surface area contributed by atoms with Crippen molar-refractivity contribution in [3.05, 3.63) is 46.0 Å². The van der Waals surface area contributed by atoms with E-state index >= 15 is 0 Å². The van der Waals surface area contributed by atoms with E-state index < -0.39 is 0 Å². The number of nitrogens with one attached hydrogen (secondary N) is 1. The molecule has 1 atom stereocenters. The smallest absolute Gasteiger partial charge is 0.254 e. The molecule has 1 aliphatic heterocycles. The summed E-state index contributed by atoms with van der Waals surface area (Å²) in [7, 11) is 0. The largest absolute Gasteiger partial charge is 0.376 e. The number of amides is 2. The van der Waals surface area contributed by atoms with Crippen molar-refractivity contribution in [3.63, 3.8) is 0 Å². The minimum atomic E-state index is -0.247. The van der Waals surface area contributed by atoms with Crippen LogP contribution in [0.2, 0.25) is 0 Å². The summed E-state index contributed by atoms with van der Waals surface area (Å²) >= 11 is 1.44. The number of hydrogen-bond acceptors (Lipinski definition) is 5. The Morgan fingerprint density at radius 2 is 2.07 bits per heavy atom. The maximum atomic E-state index is 13.1. The summed E-state index contributed by atoms with van der Waals surface area (Å²) in [4.78, 5) is 32.6. The SMILES string of the molecule is Cc1ccccc1C(=O)N(CC(=O)Nc1nc(C)c(C)s1)C[C@@H]1CCCO1. The first-order valence-corrected chi connectivity index (χ1v) is 9.96. The first-order chi connectivity index (χ1) is 12.9. The van der Waals surface area contributed by atoms with Gasteiger partial charge in [0.25, 0.3) is 5.91 Å². The van der Waals surface area contributed by atoms with Gasteiger partial charge in [0.15, 0.2) is 5.13 Å². The Labute approximate surface area is 163 Å². The zero-order chi connectivity index (χ0) is 19.4. The van der Waals surface area contributed by atoms with Gasteiger partial charge < -0.3 is 15.0 Å². The Kier molecular flexibility index (Phi) is 6.23. The Balaban J connectivity index is 1.73. The van der Waals surface area contributed by atoms with Crippen molar-refractivity contribution >= 4 is 28.3 Å². The van der Waals surface area contributed by atoms with Gasteiger partial charge in [-0.25, -0.2) is 4.98 Å². The first-order valence-electron chi connectivity index (χ1n) is 9.14. The van der Waals surface area contributed by atoms with Gasteiger partial charge in [-0.05, 0) is 45.2 Å². The van der Waals surface area contributed by atoms with E-state index in [-0.39, 0.29) is 24.5 Å². The highest BCUT2D eigenvalue weighted by molar-refractivity contribution is 7.15. The van der Waals surface area contributed by atoms with Crippen LogP contribution in [-0.2, 0) is 9.53 Å². The molecule has 1 fully saturated rings. The number of aryl methyl sites for hydroxylation is 3. The van der Waals surface area contributed by atoms with Gasteiger partial charge in [0, 0.05) is 23.6 Å². The van der Waals surface area contributed by atoms with E-state index in [2.05, 4.69) is 10.3 Å².